The van der Waals surface area contributed by atoms with E-state index in [1.54, 1.807) is 7.11 Å². The molecule has 0 heterocycles. The summed E-state index contributed by atoms with van der Waals surface area (Å²) in [6.45, 7) is 6.94. The lowest BCUT2D eigenvalue weighted by atomic mass is 10.1. The summed E-state index contributed by atoms with van der Waals surface area (Å²) < 4.78 is 5.10. The molecular weight excluding hydrogens is 186 g/mol. The molecule has 0 saturated carbocycles. The summed E-state index contributed by atoms with van der Waals surface area (Å²) in [7, 11) is 1.68. The number of ether oxygens (including phenoxy) is 1. The molecule has 0 atom stereocenters. The number of allylic oxidation sites excluding steroid dienone is 1. The second-order valence-electron chi connectivity index (χ2n) is 3.48. The topological polar surface area (TPSA) is 21.3 Å². The average Bonchev–Trinajstić information content (AvgIpc) is 2.29. The van der Waals surface area contributed by atoms with Crippen molar-refractivity contribution < 1.29 is 4.74 Å². The van der Waals surface area contributed by atoms with Crippen LogP contribution in [0.2, 0.25) is 0 Å². The van der Waals surface area contributed by atoms with Crippen molar-refractivity contribution in [2.24, 2.45) is 0 Å². The largest absolute Gasteiger partial charge is 0.497 e. The minimum atomic E-state index is 0.907. The fourth-order valence-electron chi connectivity index (χ4n) is 1.30. The van der Waals surface area contributed by atoms with Gasteiger partial charge in [0.15, 0.2) is 0 Å². The van der Waals surface area contributed by atoms with E-state index in [1.807, 2.05) is 12.1 Å². The minimum absolute atomic E-state index is 0.907. The molecule has 0 bridgehead atoms. The summed E-state index contributed by atoms with van der Waals surface area (Å²) in [6, 6.07) is 8.17. The molecule has 15 heavy (non-hydrogen) atoms. The third kappa shape index (κ3) is 4.07. The second-order valence-corrected chi connectivity index (χ2v) is 3.48. The summed E-state index contributed by atoms with van der Waals surface area (Å²) in [5, 5.41) is 3.28. The molecule has 82 valence electrons. The van der Waals surface area contributed by atoms with Crippen LogP contribution in [0, 0.1) is 0 Å². The Morgan fingerprint density at radius 2 is 2.00 bits per heavy atom. The van der Waals surface area contributed by atoms with Crippen molar-refractivity contribution in [3.8, 4) is 5.75 Å². The van der Waals surface area contributed by atoms with E-state index in [2.05, 4.69) is 31.0 Å². The lowest BCUT2D eigenvalue weighted by Gasteiger charge is -2.07. The molecule has 0 amide bonds. The summed E-state index contributed by atoms with van der Waals surface area (Å²) in [4.78, 5) is 0. The maximum atomic E-state index is 5.10. The number of hydrogen-bond acceptors (Lipinski definition) is 2. The molecule has 0 aliphatic rings. The van der Waals surface area contributed by atoms with E-state index in [-0.39, 0.29) is 0 Å². The molecule has 0 spiro atoms. The quantitative estimate of drug-likeness (QED) is 0.771. The number of hydrogen-bond donors (Lipinski definition) is 1. The molecule has 2 nitrogen and oxygen atoms in total. The van der Waals surface area contributed by atoms with Gasteiger partial charge in [-0.2, -0.15) is 0 Å². The van der Waals surface area contributed by atoms with Crippen LogP contribution in [0.5, 0.6) is 5.75 Å². The van der Waals surface area contributed by atoms with Crippen molar-refractivity contribution in [2.75, 3.05) is 13.7 Å². The summed E-state index contributed by atoms with van der Waals surface area (Å²) in [5.41, 5.74) is 2.41. The van der Waals surface area contributed by atoms with E-state index in [0.29, 0.717) is 0 Å². The molecule has 0 saturated heterocycles. The molecule has 0 radical (unpaired) electrons. The highest BCUT2D eigenvalue weighted by molar-refractivity contribution is 5.27. The fourth-order valence-corrected chi connectivity index (χ4v) is 1.30. The smallest absolute Gasteiger partial charge is 0.118 e. The van der Waals surface area contributed by atoms with E-state index in [1.165, 1.54) is 5.56 Å². The zero-order chi connectivity index (χ0) is 11.1. The van der Waals surface area contributed by atoms with Gasteiger partial charge >= 0.3 is 0 Å². The van der Waals surface area contributed by atoms with Gasteiger partial charge in [0, 0.05) is 12.2 Å². The Labute approximate surface area is 92.0 Å². The number of methoxy groups -OCH3 is 1. The molecule has 0 fully saturated rings. The standard InChI is InChI=1S/C13H19NO/c1-4-11(2)14-10-9-12-5-7-13(15-3)8-6-12/h5-8,14H,2,4,9-10H2,1,3H3. The van der Waals surface area contributed by atoms with Crippen LogP contribution >= 0.6 is 0 Å². The van der Waals surface area contributed by atoms with Crippen molar-refractivity contribution in [3.63, 3.8) is 0 Å². The van der Waals surface area contributed by atoms with Gasteiger partial charge in [0.1, 0.15) is 5.75 Å². The third-order valence-corrected chi connectivity index (χ3v) is 2.37. The summed E-state index contributed by atoms with van der Waals surface area (Å²) >= 11 is 0. The van der Waals surface area contributed by atoms with E-state index in [9.17, 15) is 0 Å². The van der Waals surface area contributed by atoms with Gasteiger partial charge in [-0.25, -0.2) is 0 Å². The van der Waals surface area contributed by atoms with Crippen LogP contribution in [0.25, 0.3) is 0 Å². The Kier molecular flexibility index (Phi) is 4.75. The molecule has 0 aliphatic heterocycles. The van der Waals surface area contributed by atoms with Crippen LogP contribution in [-0.4, -0.2) is 13.7 Å². The molecule has 1 aromatic carbocycles. The zero-order valence-corrected chi connectivity index (χ0v) is 9.55. The average molecular weight is 205 g/mol. The summed E-state index contributed by atoms with van der Waals surface area (Å²) in [5.74, 6) is 0.907. The molecule has 0 unspecified atom stereocenters. The summed E-state index contributed by atoms with van der Waals surface area (Å²) in [6.07, 6.45) is 2.01. The molecule has 0 aliphatic carbocycles. The predicted octanol–water partition coefficient (Wildman–Crippen LogP) is 2.75. The van der Waals surface area contributed by atoms with Crippen molar-refractivity contribution >= 4 is 0 Å². The predicted molar refractivity (Wildman–Crippen MR) is 64.1 cm³/mol. The minimum Gasteiger partial charge on any atom is -0.497 e. The van der Waals surface area contributed by atoms with Crippen molar-refractivity contribution in [2.45, 2.75) is 19.8 Å². The van der Waals surface area contributed by atoms with Gasteiger partial charge in [0.05, 0.1) is 7.11 Å². The molecular formula is C13H19NO. The molecule has 1 N–H and O–H groups in total. The van der Waals surface area contributed by atoms with Crippen LogP contribution in [-0.2, 0) is 6.42 Å². The van der Waals surface area contributed by atoms with E-state index >= 15 is 0 Å². The first kappa shape index (κ1) is 11.6. The highest BCUT2D eigenvalue weighted by atomic mass is 16.5. The van der Waals surface area contributed by atoms with Gasteiger partial charge < -0.3 is 10.1 Å². The Bertz CT molecular complexity index is 303. The number of benzene rings is 1. The van der Waals surface area contributed by atoms with Crippen LogP contribution in [0.3, 0.4) is 0 Å². The Hall–Kier alpha value is -1.44. The highest BCUT2D eigenvalue weighted by Crippen LogP contribution is 2.11. The van der Waals surface area contributed by atoms with Gasteiger partial charge in [-0.3, -0.25) is 0 Å². The van der Waals surface area contributed by atoms with Gasteiger partial charge in [-0.1, -0.05) is 25.6 Å². The first-order valence-corrected chi connectivity index (χ1v) is 5.31. The van der Waals surface area contributed by atoms with Crippen LogP contribution in [0.15, 0.2) is 36.5 Å². The molecule has 0 aromatic heterocycles. The Balaban J connectivity index is 2.34. The van der Waals surface area contributed by atoms with Gasteiger partial charge in [0.2, 0.25) is 0 Å². The second kappa shape index (κ2) is 6.12. The van der Waals surface area contributed by atoms with E-state index < -0.39 is 0 Å². The van der Waals surface area contributed by atoms with Crippen molar-refractivity contribution in [1.82, 2.24) is 5.32 Å². The van der Waals surface area contributed by atoms with Crippen LogP contribution in [0.4, 0.5) is 0 Å². The monoisotopic (exact) mass is 205 g/mol. The third-order valence-electron chi connectivity index (χ3n) is 2.37. The lowest BCUT2D eigenvalue weighted by Crippen LogP contribution is -2.15. The van der Waals surface area contributed by atoms with E-state index in [4.69, 9.17) is 4.74 Å². The molecule has 2 heteroatoms. The lowest BCUT2D eigenvalue weighted by molar-refractivity contribution is 0.414. The van der Waals surface area contributed by atoms with Crippen LogP contribution in [0.1, 0.15) is 18.9 Å². The fraction of sp³-hybridized carbons (Fsp3) is 0.385. The van der Waals surface area contributed by atoms with Gasteiger partial charge in [-0.15, -0.1) is 0 Å². The first-order chi connectivity index (χ1) is 7.26. The van der Waals surface area contributed by atoms with Crippen molar-refractivity contribution in [1.29, 1.82) is 0 Å². The molecule has 1 aromatic rings. The normalized spacial score (nSPS) is 9.73. The van der Waals surface area contributed by atoms with Crippen LogP contribution < -0.4 is 10.1 Å². The maximum absolute atomic E-state index is 5.10. The number of rotatable bonds is 6. The first-order valence-electron chi connectivity index (χ1n) is 5.31. The number of nitrogens with one attached hydrogen (secondary N) is 1. The van der Waals surface area contributed by atoms with Crippen molar-refractivity contribution in [3.05, 3.63) is 42.1 Å². The van der Waals surface area contributed by atoms with Gasteiger partial charge in [-0.05, 0) is 30.5 Å². The highest BCUT2D eigenvalue weighted by Gasteiger charge is 1.94. The molecule has 1 rings (SSSR count). The Morgan fingerprint density at radius 3 is 2.53 bits per heavy atom. The zero-order valence-electron chi connectivity index (χ0n) is 9.55. The van der Waals surface area contributed by atoms with E-state index in [0.717, 1.165) is 30.8 Å². The SMILES string of the molecule is C=C(CC)NCCc1ccc(OC)cc1. The van der Waals surface area contributed by atoms with Gasteiger partial charge in [0.25, 0.3) is 0 Å². The Morgan fingerprint density at radius 1 is 1.33 bits per heavy atom. The maximum Gasteiger partial charge on any atom is 0.118 e.